The van der Waals surface area contributed by atoms with Crippen LogP contribution in [0.5, 0.6) is 5.75 Å². The number of hydrogen-bond acceptors (Lipinski definition) is 5. The largest absolute Gasteiger partial charge is 0.495 e. The average molecular weight is 338 g/mol. The molecular formula is C11H12ClNO5S2. The van der Waals surface area contributed by atoms with Crippen molar-refractivity contribution in [1.82, 2.24) is 4.31 Å². The highest BCUT2D eigenvalue weighted by Gasteiger charge is 2.40. The highest BCUT2D eigenvalue weighted by atomic mass is 35.5. The van der Waals surface area contributed by atoms with Crippen molar-refractivity contribution in [2.24, 2.45) is 0 Å². The van der Waals surface area contributed by atoms with E-state index in [1.807, 2.05) is 0 Å². The molecule has 110 valence electrons. The van der Waals surface area contributed by atoms with E-state index < -0.39 is 22.0 Å². The number of nitrogens with zero attached hydrogens (tertiary/aromatic N) is 1. The first-order valence-corrected chi connectivity index (χ1v) is 8.51. The monoisotopic (exact) mass is 337 g/mol. The maximum atomic E-state index is 12.5. The maximum absolute atomic E-state index is 12.5. The summed E-state index contributed by atoms with van der Waals surface area (Å²) in [4.78, 5) is 11.0. The normalized spacial score (nSPS) is 20.0. The molecule has 1 aromatic rings. The molecule has 0 bridgehead atoms. The molecule has 1 N–H and O–H groups in total. The summed E-state index contributed by atoms with van der Waals surface area (Å²) >= 11 is 7.17. The summed E-state index contributed by atoms with van der Waals surface area (Å²) in [7, 11) is -2.47. The third kappa shape index (κ3) is 2.73. The van der Waals surface area contributed by atoms with E-state index in [-0.39, 0.29) is 21.5 Å². The lowest BCUT2D eigenvalue weighted by Gasteiger charge is -2.20. The lowest BCUT2D eigenvalue weighted by molar-refractivity contribution is -0.140. The Labute approximate surface area is 125 Å². The Kier molecular flexibility index (Phi) is 4.48. The van der Waals surface area contributed by atoms with E-state index in [1.165, 1.54) is 37.1 Å². The molecule has 1 unspecified atom stereocenters. The molecule has 1 aromatic carbocycles. The van der Waals surface area contributed by atoms with Crippen LogP contribution in [0.1, 0.15) is 0 Å². The fourth-order valence-electron chi connectivity index (χ4n) is 1.80. The van der Waals surface area contributed by atoms with E-state index in [2.05, 4.69) is 0 Å². The number of aliphatic carboxylic acids is 1. The van der Waals surface area contributed by atoms with Crippen LogP contribution in [0.4, 0.5) is 0 Å². The summed E-state index contributed by atoms with van der Waals surface area (Å²) in [6, 6.07) is 3.00. The molecule has 1 heterocycles. The van der Waals surface area contributed by atoms with Crippen LogP contribution >= 0.6 is 23.4 Å². The number of carbonyl (C=O) groups is 1. The van der Waals surface area contributed by atoms with Crippen LogP contribution in [0.15, 0.2) is 23.1 Å². The van der Waals surface area contributed by atoms with Crippen molar-refractivity contribution >= 4 is 39.4 Å². The van der Waals surface area contributed by atoms with Crippen molar-refractivity contribution in [3.8, 4) is 5.75 Å². The van der Waals surface area contributed by atoms with Crippen molar-refractivity contribution in [3.63, 3.8) is 0 Å². The van der Waals surface area contributed by atoms with Crippen molar-refractivity contribution < 1.29 is 23.1 Å². The molecule has 0 saturated carbocycles. The molecule has 0 radical (unpaired) electrons. The van der Waals surface area contributed by atoms with Crippen molar-refractivity contribution in [2.75, 3.05) is 18.7 Å². The summed E-state index contributed by atoms with van der Waals surface area (Å²) in [6.07, 6.45) is 0. The summed E-state index contributed by atoms with van der Waals surface area (Å²) < 4.78 is 30.8. The number of thioether (sulfide) groups is 1. The minimum Gasteiger partial charge on any atom is -0.495 e. The van der Waals surface area contributed by atoms with E-state index in [4.69, 9.17) is 21.4 Å². The smallest absolute Gasteiger partial charge is 0.322 e. The molecule has 1 atom stereocenters. The van der Waals surface area contributed by atoms with E-state index in [1.54, 1.807) is 0 Å². The first kappa shape index (κ1) is 15.4. The van der Waals surface area contributed by atoms with Crippen molar-refractivity contribution in [1.29, 1.82) is 0 Å². The molecular weight excluding hydrogens is 326 g/mol. The van der Waals surface area contributed by atoms with Gasteiger partial charge in [-0.05, 0) is 18.2 Å². The SMILES string of the molecule is COc1ccc(S(=O)(=O)N2CSCC2C(=O)O)cc1Cl. The third-order valence-electron chi connectivity index (χ3n) is 2.86. The number of benzene rings is 1. The van der Waals surface area contributed by atoms with Crippen molar-refractivity contribution in [2.45, 2.75) is 10.9 Å². The molecule has 0 spiro atoms. The van der Waals surface area contributed by atoms with Gasteiger partial charge in [-0.15, -0.1) is 11.8 Å². The topological polar surface area (TPSA) is 83.9 Å². The van der Waals surface area contributed by atoms with Crippen LogP contribution in [0, 0.1) is 0 Å². The number of carboxylic acids is 1. The standard InChI is InChI=1S/C11H12ClNO5S2/c1-18-10-3-2-7(4-8(10)12)20(16,17)13-6-19-5-9(13)11(14)15/h2-4,9H,5-6H2,1H3,(H,14,15). The molecule has 0 amide bonds. The van der Waals surface area contributed by atoms with Gasteiger partial charge < -0.3 is 9.84 Å². The summed E-state index contributed by atoms with van der Waals surface area (Å²) in [5.74, 6) is -0.448. The van der Waals surface area contributed by atoms with Gasteiger partial charge in [-0.2, -0.15) is 4.31 Å². The quantitative estimate of drug-likeness (QED) is 0.896. The number of rotatable bonds is 4. The van der Waals surface area contributed by atoms with Crippen LogP contribution in [-0.4, -0.2) is 48.6 Å². The van der Waals surface area contributed by atoms with Gasteiger partial charge >= 0.3 is 5.97 Å². The van der Waals surface area contributed by atoms with E-state index in [0.29, 0.717) is 5.75 Å². The minimum atomic E-state index is -3.89. The Morgan fingerprint density at radius 1 is 1.55 bits per heavy atom. The van der Waals surface area contributed by atoms with E-state index in [0.717, 1.165) is 4.31 Å². The molecule has 1 fully saturated rings. The number of methoxy groups -OCH3 is 1. The van der Waals surface area contributed by atoms with Gasteiger partial charge in [-0.1, -0.05) is 11.6 Å². The summed E-state index contributed by atoms with van der Waals surface area (Å²) in [5, 5.41) is 9.22. The first-order valence-electron chi connectivity index (χ1n) is 5.54. The third-order valence-corrected chi connectivity index (χ3v) is 6.18. The van der Waals surface area contributed by atoms with Crippen LogP contribution in [-0.2, 0) is 14.8 Å². The Morgan fingerprint density at radius 3 is 2.80 bits per heavy atom. The molecule has 2 rings (SSSR count). The van der Waals surface area contributed by atoms with Gasteiger partial charge in [0.2, 0.25) is 10.0 Å². The Bertz CT molecular complexity index is 634. The summed E-state index contributed by atoms with van der Waals surface area (Å²) in [5.41, 5.74) is 0. The molecule has 9 heteroatoms. The van der Waals surface area contributed by atoms with Crippen molar-refractivity contribution in [3.05, 3.63) is 23.2 Å². The van der Waals surface area contributed by atoms with Gasteiger partial charge in [0, 0.05) is 5.75 Å². The van der Waals surface area contributed by atoms with Crippen LogP contribution in [0.3, 0.4) is 0 Å². The Hall–Kier alpha value is -0.960. The zero-order valence-corrected chi connectivity index (χ0v) is 12.8. The number of hydrogen-bond donors (Lipinski definition) is 1. The lowest BCUT2D eigenvalue weighted by atomic mass is 10.3. The van der Waals surface area contributed by atoms with Crippen LogP contribution in [0.2, 0.25) is 5.02 Å². The van der Waals surface area contributed by atoms with Gasteiger partial charge in [0.1, 0.15) is 11.8 Å². The highest BCUT2D eigenvalue weighted by molar-refractivity contribution is 8.00. The molecule has 20 heavy (non-hydrogen) atoms. The van der Waals surface area contributed by atoms with Crippen LogP contribution in [0.25, 0.3) is 0 Å². The second-order valence-electron chi connectivity index (χ2n) is 4.04. The predicted octanol–water partition coefficient (Wildman–Crippen LogP) is 1.50. The lowest BCUT2D eigenvalue weighted by Crippen LogP contribution is -2.41. The average Bonchev–Trinajstić information content (AvgIpc) is 2.88. The molecule has 0 aliphatic carbocycles. The zero-order valence-electron chi connectivity index (χ0n) is 10.4. The summed E-state index contributed by atoms with van der Waals surface area (Å²) in [6.45, 7) is 0. The molecule has 1 saturated heterocycles. The zero-order chi connectivity index (χ0) is 14.9. The van der Waals surface area contributed by atoms with Crippen LogP contribution < -0.4 is 4.74 Å². The number of sulfonamides is 1. The molecule has 0 aromatic heterocycles. The van der Waals surface area contributed by atoms with Gasteiger partial charge in [-0.3, -0.25) is 4.79 Å². The van der Waals surface area contributed by atoms with E-state index in [9.17, 15) is 13.2 Å². The Balaban J connectivity index is 2.40. The molecule has 6 nitrogen and oxygen atoms in total. The first-order chi connectivity index (χ1) is 9.37. The highest BCUT2D eigenvalue weighted by Crippen LogP contribution is 2.32. The minimum absolute atomic E-state index is 0.0444. The van der Waals surface area contributed by atoms with Gasteiger partial charge in [-0.25, -0.2) is 8.42 Å². The second-order valence-corrected chi connectivity index (χ2v) is 7.34. The maximum Gasteiger partial charge on any atom is 0.322 e. The fraction of sp³-hybridized carbons (Fsp3) is 0.364. The van der Waals surface area contributed by atoms with Gasteiger partial charge in [0.25, 0.3) is 0 Å². The molecule has 1 aliphatic rings. The predicted molar refractivity (Wildman–Crippen MR) is 75.8 cm³/mol. The number of carboxylic acid groups (broad SMARTS) is 1. The number of halogens is 1. The van der Waals surface area contributed by atoms with Gasteiger partial charge in [0.15, 0.2) is 0 Å². The number of ether oxygens (including phenoxy) is 1. The van der Waals surface area contributed by atoms with E-state index >= 15 is 0 Å². The second kappa shape index (κ2) is 5.80. The fourth-order valence-corrected chi connectivity index (χ4v) is 5.29. The molecule has 1 aliphatic heterocycles. The van der Waals surface area contributed by atoms with Gasteiger partial charge in [0.05, 0.1) is 22.9 Å². The Morgan fingerprint density at radius 2 is 2.25 bits per heavy atom.